The number of para-hydroxylation sites is 1. The molecule has 0 atom stereocenters. The maximum atomic E-state index is 13.0. The van der Waals surface area contributed by atoms with Crippen molar-refractivity contribution in [3.05, 3.63) is 58.3 Å². The number of amides is 1. The molecule has 2 aromatic carbocycles. The fourth-order valence-corrected chi connectivity index (χ4v) is 2.23. The summed E-state index contributed by atoms with van der Waals surface area (Å²) in [6, 6.07) is 11.0. The Morgan fingerprint density at radius 2 is 1.76 bits per heavy atom. The highest BCUT2D eigenvalue weighted by Gasteiger charge is 2.09. The van der Waals surface area contributed by atoms with Crippen molar-refractivity contribution in [2.75, 3.05) is 17.2 Å². The summed E-state index contributed by atoms with van der Waals surface area (Å²) in [5.74, 6) is -0.554. The molecular formula is C15H13Cl2FN2O. The number of rotatable bonds is 5. The molecule has 0 saturated heterocycles. The van der Waals surface area contributed by atoms with Gasteiger partial charge in [-0.1, -0.05) is 35.3 Å². The summed E-state index contributed by atoms with van der Waals surface area (Å²) < 4.78 is 13.0. The molecule has 2 N–H and O–H groups in total. The third-order valence-corrected chi connectivity index (χ3v) is 3.36. The number of halogens is 3. The van der Waals surface area contributed by atoms with Gasteiger partial charge in [0, 0.05) is 18.7 Å². The molecule has 0 saturated carbocycles. The van der Waals surface area contributed by atoms with Gasteiger partial charge in [0.25, 0.3) is 0 Å². The molecule has 0 aliphatic heterocycles. The molecule has 21 heavy (non-hydrogen) atoms. The maximum absolute atomic E-state index is 13.0. The van der Waals surface area contributed by atoms with E-state index in [1.165, 1.54) is 12.1 Å². The second-order valence-corrected chi connectivity index (χ2v) is 5.15. The van der Waals surface area contributed by atoms with E-state index in [0.29, 0.717) is 28.0 Å². The molecule has 0 fully saturated rings. The summed E-state index contributed by atoms with van der Waals surface area (Å²) in [6.45, 7) is 0.372. The minimum atomic E-state index is -0.327. The Kier molecular flexibility index (Phi) is 5.42. The van der Waals surface area contributed by atoms with Crippen molar-refractivity contribution in [1.29, 1.82) is 0 Å². The first-order valence-electron chi connectivity index (χ1n) is 6.29. The minimum absolute atomic E-state index is 0.206. The Morgan fingerprint density at radius 3 is 2.43 bits per heavy atom. The lowest BCUT2D eigenvalue weighted by molar-refractivity contribution is -0.115. The zero-order valence-corrected chi connectivity index (χ0v) is 12.5. The van der Waals surface area contributed by atoms with Crippen molar-refractivity contribution in [3.63, 3.8) is 0 Å². The zero-order valence-electron chi connectivity index (χ0n) is 11.0. The molecule has 0 heterocycles. The van der Waals surface area contributed by atoms with Crippen molar-refractivity contribution in [3.8, 4) is 0 Å². The van der Waals surface area contributed by atoms with Crippen LogP contribution < -0.4 is 10.6 Å². The highest BCUT2D eigenvalue weighted by molar-refractivity contribution is 6.39. The minimum Gasteiger partial charge on any atom is -0.384 e. The second kappa shape index (κ2) is 7.29. The van der Waals surface area contributed by atoms with Crippen LogP contribution in [0, 0.1) is 5.82 Å². The van der Waals surface area contributed by atoms with E-state index < -0.39 is 0 Å². The van der Waals surface area contributed by atoms with Crippen molar-refractivity contribution in [2.24, 2.45) is 0 Å². The van der Waals surface area contributed by atoms with Crippen molar-refractivity contribution in [2.45, 2.75) is 6.42 Å². The van der Waals surface area contributed by atoms with Crippen molar-refractivity contribution in [1.82, 2.24) is 0 Å². The van der Waals surface area contributed by atoms with Crippen LogP contribution in [0.5, 0.6) is 0 Å². The molecule has 2 aromatic rings. The Labute approximate surface area is 132 Å². The number of nitrogens with one attached hydrogen (secondary N) is 2. The Balaban J connectivity index is 1.85. The summed E-state index contributed by atoms with van der Waals surface area (Å²) in [6.07, 6.45) is 0.206. The molecule has 0 radical (unpaired) electrons. The largest absolute Gasteiger partial charge is 0.384 e. The van der Waals surface area contributed by atoms with Crippen LogP contribution in [0.2, 0.25) is 10.0 Å². The molecule has 0 spiro atoms. The van der Waals surface area contributed by atoms with E-state index in [1.54, 1.807) is 30.3 Å². The van der Waals surface area contributed by atoms with Crippen LogP contribution in [0.15, 0.2) is 42.5 Å². The van der Waals surface area contributed by atoms with E-state index in [2.05, 4.69) is 10.6 Å². The molecule has 110 valence electrons. The Morgan fingerprint density at radius 1 is 1.10 bits per heavy atom. The third-order valence-electron chi connectivity index (χ3n) is 2.73. The number of carbonyl (C=O) groups is 1. The third kappa shape index (κ3) is 4.62. The van der Waals surface area contributed by atoms with Gasteiger partial charge in [0.05, 0.1) is 15.7 Å². The van der Waals surface area contributed by atoms with Crippen LogP contribution in [-0.4, -0.2) is 12.5 Å². The normalized spacial score (nSPS) is 10.2. The molecule has 0 aliphatic carbocycles. The van der Waals surface area contributed by atoms with Gasteiger partial charge in [-0.25, -0.2) is 4.39 Å². The Bertz CT molecular complexity index is 629. The molecular weight excluding hydrogens is 314 g/mol. The number of hydrogen-bond acceptors (Lipinski definition) is 2. The molecule has 0 unspecified atom stereocenters. The standard InChI is InChI=1S/C15H13Cl2FN2O/c16-12-5-2-6-13(17)15(12)20-14(21)7-8-19-11-4-1-3-10(18)9-11/h1-6,9,19H,7-8H2,(H,20,21). The number of carbonyl (C=O) groups excluding carboxylic acids is 1. The number of hydrogen-bond donors (Lipinski definition) is 2. The average Bonchev–Trinajstić information content (AvgIpc) is 2.43. The lowest BCUT2D eigenvalue weighted by atomic mass is 10.3. The SMILES string of the molecule is O=C(CCNc1cccc(F)c1)Nc1c(Cl)cccc1Cl. The van der Waals surface area contributed by atoms with Crippen LogP contribution in [0.4, 0.5) is 15.8 Å². The lowest BCUT2D eigenvalue weighted by Gasteiger charge is -2.10. The summed E-state index contributed by atoms with van der Waals surface area (Å²) in [7, 11) is 0. The van der Waals surface area contributed by atoms with Crippen LogP contribution in [0.3, 0.4) is 0 Å². The molecule has 6 heteroatoms. The molecule has 1 amide bonds. The van der Waals surface area contributed by atoms with E-state index in [9.17, 15) is 9.18 Å². The van der Waals surface area contributed by atoms with Crippen LogP contribution in [-0.2, 0) is 4.79 Å². The maximum Gasteiger partial charge on any atom is 0.226 e. The fourth-order valence-electron chi connectivity index (χ4n) is 1.74. The van der Waals surface area contributed by atoms with Gasteiger partial charge in [-0.3, -0.25) is 4.79 Å². The number of anilines is 2. The number of benzene rings is 2. The Hall–Kier alpha value is -1.78. The summed E-state index contributed by atoms with van der Waals surface area (Å²) >= 11 is 11.9. The quantitative estimate of drug-likeness (QED) is 0.844. The first kappa shape index (κ1) is 15.6. The van der Waals surface area contributed by atoms with Gasteiger partial charge in [0.15, 0.2) is 0 Å². The fraction of sp³-hybridized carbons (Fsp3) is 0.133. The molecule has 0 bridgehead atoms. The smallest absolute Gasteiger partial charge is 0.226 e. The van der Waals surface area contributed by atoms with Crippen molar-refractivity contribution < 1.29 is 9.18 Å². The van der Waals surface area contributed by atoms with Crippen molar-refractivity contribution >= 4 is 40.5 Å². The van der Waals surface area contributed by atoms with Gasteiger partial charge in [0.2, 0.25) is 5.91 Å². The van der Waals surface area contributed by atoms with Gasteiger partial charge < -0.3 is 10.6 Å². The predicted octanol–water partition coefficient (Wildman–Crippen LogP) is 4.57. The average molecular weight is 327 g/mol. The zero-order chi connectivity index (χ0) is 15.2. The van der Waals surface area contributed by atoms with Gasteiger partial charge in [-0.2, -0.15) is 0 Å². The topological polar surface area (TPSA) is 41.1 Å². The van der Waals surface area contributed by atoms with Gasteiger partial charge >= 0.3 is 0 Å². The predicted molar refractivity (Wildman–Crippen MR) is 84.6 cm³/mol. The van der Waals surface area contributed by atoms with Crippen LogP contribution in [0.1, 0.15) is 6.42 Å². The highest BCUT2D eigenvalue weighted by atomic mass is 35.5. The van der Waals surface area contributed by atoms with Crippen LogP contribution in [0.25, 0.3) is 0 Å². The van der Waals surface area contributed by atoms with Gasteiger partial charge in [0.1, 0.15) is 5.82 Å². The second-order valence-electron chi connectivity index (χ2n) is 4.33. The highest BCUT2D eigenvalue weighted by Crippen LogP contribution is 2.29. The first-order chi connectivity index (χ1) is 10.1. The van der Waals surface area contributed by atoms with E-state index in [4.69, 9.17) is 23.2 Å². The molecule has 3 nitrogen and oxygen atoms in total. The van der Waals surface area contributed by atoms with E-state index in [1.807, 2.05) is 0 Å². The molecule has 2 rings (SSSR count). The lowest BCUT2D eigenvalue weighted by Crippen LogP contribution is -2.16. The summed E-state index contributed by atoms with van der Waals surface area (Å²) in [4.78, 5) is 11.8. The summed E-state index contributed by atoms with van der Waals surface area (Å²) in [5.41, 5.74) is 1.02. The van der Waals surface area contributed by atoms with Gasteiger partial charge in [-0.15, -0.1) is 0 Å². The van der Waals surface area contributed by atoms with Gasteiger partial charge in [-0.05, 0) is 30.3 Å². The van der Waals surface area contributed by atoms with E-state index in [-0.39, 0.29) is 18.1 Å². The monoisotopic (exact) mass is 326 g/mol. The molecule has 0 aromatic heterocycles. The summed E-state index contributed by atoms with van der Waals surface area (Å²) in [5, 5.41) is 6.39. The van der Waals surface area contributed by atoms with Crippen LogP contribution >= 0.6 is 23.2 Å². The van der Waals surface area contributed by atoms with E-state index >= 15 is 0 Å². The molecule has 0 aliphatic rings. The van der Waals surface area contributed by atoms with E-state index in [0.717, 1.165) is 0 Å². The first-order valence-corrected chi connectivity index (χ1v) is 7.05.